The van der Waals surface area contributed by atoms with Gasteiger partial charge in [-0.2, -0.15) is 4.98 Å². The summed E-state index contributed by atoms with van der Waals surface area (Å²) in [5, 5.41) is 9.73. The van der Waals surface area contributed by atoms with Crippen LogP contribution in [-0.4, -0.2) is 34.7 Å². The second kappa shape index (κ2) is 5.27. The lowest BCUT2D eigenvalue weighted by molar-refractivity contribution is 0.0937. The Morgan fingerprint density at radius 1 is 1.53 bits per heavy atom. The van der Waals surface area contributed by atoms with Crippen molar-refractivity contribution >= 4 is 5.91 Å². The molecule has 1 fully saturated rings. The number of nitrogens with one attached hydrogen (secondary N) is 2. The molecule has 0 radical (unpaired) electrons. The van der Waals surface area contributed by atoms with Crippen LogP contribution in [0.15, 0.2) is 4.52 Å². The van der Waals surface area contributed by atoms with Gasteiger partial charge in [-0.05, 0) is 12.8 Å². The summed E-state index contributed by atoms with van der Waals surface area (Å²) in [6.07, 6.45) is 2.74. The molecule has 0 aliphatic heterocycles. The van der Waals surface area contributed by atoms with Crippen LogP contribution in [0.25, 0.3) is 0 Å². The molecule has 1 aromatic heterocycles. The fourth-order valence-electron chi connectivity index (χ4n) is 1.39. The Kier molecular flexibility index (Phi) is 3.73. The summed E-state index contributed by atoms with van der Waals surface area (Å²) in [5.41, 5.74) is 0. The van der Waals surface area contributed by atoms with Gasteiger partial charge in [0.1, 0.15) is 0 Å². The molecule has 1 heterocycles. The Labute approximate surface area is 100 Å². The number of carbonyl (C=O) groups is 1. The van der Waals surface area contributed by atoms with Gasteiger partial charge in [0.25, 0.3) is 11.7 Å². The molecule has 1 amide bonds. The normalized spacial score (nSPS) is 15.2. The molecular weight excluding hydrogens is 220 g/mol. The molecule has 94 valence electrons. The Morgan fingerprint density at radius 3 is 2.94 bits per heavy atom. The second-order valence-electron chi connectivity index (χ2n) is 4.62. The van der Waals surface area contributed by atoms with Crippen molar-refractivity contribution in [3.63, 3.8) is 0 Å². The molecule has 0 aromatic carbocycles. The maximum Gasteiger partial charge on any atom is 0.292 e. The van der Waals surface area contributed by atoms with Crippen LogP contribution in [-0.2, 0) is 6.42 Å². The van der Waals surface area contributed by atoms with Gasteiger partial charge in [0, 0.05) is 25.0 Å². The summed E-state index contributed by atoms with van der Waals surface area (Å²) >= 11 is 0. The third kappa shape index (κ3) is 3.81. The second-order valence-corrected chi connectivity index (χ2v) is 4.62. The summed E-state index contributed by atoms with van der Waals surface area (Å²) in [6.45, 7) is 4.91. The number of aromatic nitrogens is 2. The molecule has 6 nitrogen and oxygen atoms in total. The van der Waals surface area contributed by atoms with E-state index in [0.29, 0.717) is 24.4 Å². The van der Waals surface area contributed by atoms with Crippen molar-refractivity contribution in [3.05, 3.63) is 11.7 Å². The van der Waals surface area contributed by atoms with Gasteiger partial charge in [0.05, 0.1) is 0 Å². The molecule has 0 atom stereocenters. The van der Waals surface area contributed by atoms with Gasteiger partial charge in [-0.25, -0.2) is 0 Å². The van der Waals surface area contributed by atoms with E-state index in [2.05, 4.69) is 34.6 Å². The van der Waals surface area contributed by atoms with Gasteiger partial charge < -0.3 is 15.2 Å². The van der Waals surface area contributed by atoms with Crippen LogP contribution in [0, 0.1) is 0 Å². The fraction of sp³-hybridized carbons (Fsp3) is 0.727. The van der Waals surface area contributed by atoms with Gasteiger partial charge in [0.15, 0.2) is 0 Å². The zero-order chi connectivity index (χ0) is 12.3. The summed E-state index contributed by atoms with van der Waals surface area (Å²) in [6, 6.07) is 0.739. The third-order valence-corrected chi connectivity index (χ3v) is 2.48. The fourth-order valence-corrected chi connectivity index (χ4v) is 1.39. The van der Waals surface area contributed by atoms with Crippen molar-refractivity contribution < 1.29 is 9.32 Å². The highest BCUT2D eigenvalue weighted by Gasteiger charge is 2.25. The molecule has 1 saturated carbocycles. The Hall–Kier alpha value is -1.43. The summed E-state index contributed by atoms with van der Waals surface area (Å²) in [5.74, 6) is 0.398. The Morgan fingerprint density at radius 2 is 2.29 bits per heavy atom. The van der Waals surface area contributed by atoms with Crippen molar-refractivity contribution in [1.29, 1.82) is 0 Å². The summed E-state index contributed by atoms with van der Waals surface area (Å²) in [4.78, 5) is 15.6. The van der Waals surface area contributed by atoms with Gasteiger partial charge in [-0.3, -0.25) is 4.79 Å². The molecular formula is C11H18N4O2. The van der Waals surface area contributed by atoms with Crippen LogP contribution in [0.4, 0.5) is 0 Å². The number of hydrogen-bond acceptors (Lipinski definition) is 5. The highest BCUT2D eigenvalue weighted by Crippen LogP contribution is 2.18. The minimum Gasteiger partial charge on any atom is -0.346 e. The van der Waals surface area contributed by atoms with Crippen LogP contribution in [0.5, 0.6) is 0 Å². The largest absolute Gasteiger partial charge is 0.346 e. The molecule has 0 saturated heterocycles. The van der Waals surface area contributed by atoms with Gasteiger partial charge in [-0.1, -0.05) is 19.0 Å². The van der Waals surface area contributed by atoms with Crippen molar-refractivity contribution in [2.75, 3.05) is 6.54 Å². The minimum absolute atomic E-state index is 0.136. The maximum absolute atomic E-state index is 11.6. The topological polar surface area (TPSA) is 80.0 Å². The zero-order valence-corrected chi connectivity index (χ0v) is 10.2. The first kappa shape index (κ1) is 12.0. The van der Waals surface area contributed by atoms with E-state index >= 15 is 0 Å². The Bertz CT molecular complexity index is 385. The van der Waals surface area contributed by atoms with E-state index in [4.69, 9.17) is 4.52 Å². The van der Waals surface area contributed by atoms with Gasteiger partial charge in [-0.15, -0.1) is 0 Å². The lowest BCUT2D eigenvalue weighted by atomic mass is 10.3. The van der Waals surface area contributed by atoms with Gasteiger partial charge >= 0.3 is 0 Å². The molecule has 0 bridgehead atoms. The highest BCUT2D eigenvalue weighted by molar-refractivity contribution is 5.90. The van der Waals surface area contributed by atoms with Crippen molar-refractivity contribution in [2.24, 2.45) is 0 Å². The molecule has 1 aliphatic rings. The van der Waals surface area contributed by atoms with Crippen LogP contribution >= 0.6 is 0 Å². The van der Waals surface area contributed by atoms with E-state index in [0.717, 1.165) is 19.4 Å². The molecule has 2 N–H and O–H groups in total. The molecule has 1 aromatic rings. The first-order valence-electron chi connectivity index (χ1n) is 6.02. The summed E-state index contributed by atoms with van der Waals surface area (Å²) < 4.78 is 5.01. The maximum atomic E-state index is 11.6. The predicted molar refractivity (Wildman–Crippen MR) is 61.6 cm³/mol. The molecule has 1 aliphatic carbocycles. The third-order valence-electron chi connectivity index (χ3n) is 2.48. The number of rotatable bonds is 6. The molecule has 6 heteroatoms. The number of amides is 1. The van der Waals surface area contributed by atoms with E-state index in [1.54, 1.807) is 0 Å². The quantitative estimate of drug-likeness (QED) is 0.754. The monoisotopic (exact) mass is 238 g/mol. The molecule has 0 spiro atoms. The SMILES string of the molecule is CC(C)NCCc1nc(C(=O)NC2CC2)no1. The smallest absolute Gasteiger partial charge is 0.292 e. The van der Waals surface area contributed by atoms with Crippen LogP contribution in [0.1, 0.15) is 43.2 Å². The van der Waals surface area contributed by atoms with E-state index in [1.807, 2.05) is 0 Å². The van der Waals surface area contributed by atoms with Crippen LogP contribution in [0.3, 0.4) is 0 Å². The number of nitrogens with zero attached hydrogens (tertiary/aromatic N) is 2. The Balaban J connectivity index is 1.80. The van der Waals surface area contributed by atoms with Crippen molar-refractivity contribution in [2.45, 2.75) is 45.2 Å². The lowest BCUT2D eigenvalue weighted by Gasteiger charge is -2.04. The van der Waals surface area contributed by atoms with E-state index in [-0.39, 0.29) is 11.7 Å². The van der Waals surface area contributed by atoms with Crippen molar-refractivity contribution in [3.8, 4) is 0 Å². The van der Waals surface area contributed by atoms with Crippen LogP contribution in [0.2, 0.25) is 0 Å². The molecule has 0 unspecified atom stereocenters. The minimum atomic E-state index is -0.237. The first-order chi connectivity index (χ1) is 8.15. The molecule has 2 rings (SSSR count). The average molecular weight is 238 g/mol. The van der Waals surface area contributed by atoms with E-state index < -0.39 is 0 Å². The summed E-state index contributed by atoms with van der Waals surface area (Å²) in [7, 11) is 0. The number of carbonyl (C=O) groups excluding carboxylic acids is 1. The molecule has 17 heavy (non-hydrogen) atoms. The standard InChI is InChI=1S/C11H18N4O2/c1-7(2)12-6-5-9-14-10(15-17-9)11(16)13-8-3-4-8/h7-8,12H,3-6H2,1-2H3,(H,13,16). The zero-order valence-electron chi connectivity index (χ0n) is 10.2. The number of hydrogen-bond donors (Lipinski definition) is 2. The van der Waals surface area contributed by atoms with E-state index in [1.165, 1.54) is 0 Å². The lowest BCUT2D eigenvalue weighted by Crippen LogP contribution is -2.26. The van der Waals surface area contributed by atoms with Gasteiger partial charge in [0.2, 0.25) is 5.89 Å². The van der Waals surface area contributed by atoms with E-state index in [9.17, 15) is 4.79 Å². The first-order valence-corrected chi connectivity index (χ1v) is 6.02. The average Bonchev–Trinajstić information content (AvgIpc) is 2.94. The van der Waals surface area contributed by atoms with Crippen molar-refractivity contribution in [1.82, 2.24) is 20.8 Å². The van der Waals surface area contributed by atoms with Crippen LogP contribution < -0.4 is 10.6 Å². The predicted octanol–water partition coefficient (Wildman–Crippen LogP) is 0.502. The highest BCUT2D eigenvalue weighted by atomic mass is 16.5.